The Labute approximate surface area is 177 Å². The summed E-state index contributed by atoms with van der Waals surface area (Å²) in [4.78, 5) is 16.6. The second-order valence-electron chi connectivity index (χ2n) is 6.78. The van der Waals surface area contributed by atoms with Crippen molar-refractivity contribution in [1.82, 2.24) is 5.01 Å². The second-order valence-corrected chi connectivity index (χ2v) is 8.23. The molecule has 148 valence electrons. The zero-order chi connectivity index (χ0) is 20.5. The Hall–Kier alpha value is -2.64. The van der Waals surface area contributed by atoms with Crippen LogP contribution in [0.3, 0.4) is 0 Å². The van der Waals surface area contributed by atoms with Crippen molar-refractivity contribution in [2.75, 3.05) is 0 Å². The van der Waals surface area contributed by atoms with Gasteiger partial charge in [0.1, 0.15) is 16.6 Å². The number of carbonyl (C=O) groups is 1. The molecule has 8 heteroatoms. The topological polar surface area (TPSA) is 82.0 Å². The van der Waals surface area contributed by atoms with E-state index in [1.54, 1.807) is 6.07 Å². The van der Waals surface area contributed by atoms with E-state index in [2.05, 4.69) is 17.0 Å². The lowest BCUT2D eigenvalue weighted by Gasteiger charge is -2.19. The number of hydrogen-bond donors (Lipinski definition) is 1. The highest BCUT2D eigenvalue weighted by atomic mass is 35.5. The molecule has 0 fully saturated rings. The lowest BCUT2D eigenvalue weighted by Crippen LogP contribution is -2.35. The lowest BCUT2D eigenvalue weighted by atomic mass is 10.1. The lowest BCUT2D eigenvalue weighted by molar-refractivity contribution is -0.114. The molecule has 4 rings (SSSR count). The Morgan fingerprint density at radius 3 is 2.90 bits per heavy atom. The van der Waals surface area contributed by atoms with E-state index in [9.17, 15) is 4.79 Å². The fourth-order valence-corrected chi connectivity index (χ4v) is 4.04. The highest BCUT2D eigenvalue weighted by Crippen LogP contribution is 2.31. The van der Waals surface area contributed by atoms with Gasteiger partial charge in [0.2, 0.25) is 5.17 Å². The van der Waals surface area contributed by atoms with Crippen molar-refractivity contribution in [1.29, 1.82) is 5.41 Å². The number of fused-ring (bicyclic) bond motifs is 1. The molecule has 1 amide bonds. The number of nitrogens with one attached hydrogen (secondary N) is 1. The largest absolute Gasteiger partial charge is 0.457 e. The molecule has 0 radical (unpaired) electrons. The summed E-state index contributed by atoms with van der Waals surface area (Å²) in [6.45, 7) is 4.05. The molecular formula is C21H19ClN4O2S. The second kappa shape index (κ2) is 8.00. The van der Waals surface area contributed by atoms with Crippen LogP contribution in [0, 0.1) is 12.3 Å². The maximum Gasteiger partial charge on any atom is 0.283 e. The van der Waals surface area contributed by atoms with E-state index in [1.807, 2.05) is 31.2 Å². The van der Waals surface area contributed by atoms with Gasteiger partial charge in [-0.15, -0.1) is 0 Å². The first-order chi connectivity index (χ1) is 14.0. The number of carbonyl (C=O) groups excluding carboxylic acids is 1. The van der Waals surface area contributed by atoms with Crippen LogP contribution in [-0.2, 0) is 4.79 Å². The fourth-order valence-electron chi connectivity index (χ4n) is 2.93. The van der Waals surface area contributed by atoms with Gasteiger partial charge in [-0.05, 0) is 61.4 Å². The number of aliphatic imine (C=N–C) groups is 1. The smallest absolute Gasteiger partial charge is 0.283 e. The highest BCUT2D eigenvalue weighted by molar-refractivity contribution is 8.26. The summed E-state index contributed by atoms with van der Waals surface area (Å²) in [5, 5.41) is 16.3. The van der Waals surface area contributed by atoms with Crippen LogP contribution in [0.25, 0.3) is 17.4 Å². The number of nitrogens with zero attached hydrogens (tertiary/aromatic N) is 3. The number of amidine groups is 2. The standard InChI is InChI=1S/C21H19ClN4O2S/c1-3-4-5-18-25-26-19(23)15(20(27)24-21(26)29-18)11-14-8-9-17(28-14)13-7-6-12(2)16(22)10-13/h6-11,23H,3-5H2,1-2H3/b15-11-,23-19?. The van der Waals surface area contributed by atoms with Crippen LogP contribution in [-0.4, -0.2) is 27.0 Å². The summed E-state index contributed by atoms with van der Waals surface area (Å²) >= 11 is 7.55. The minimum absolute atomic E-state index is 0.00956. The molecule has 1 N–H and O–H groups in total. The number of thioether (sulfide) groups is 1. The quantitative estimate of drug-likeness (QED) is 0.620. The van der Waals surface area contributed by atoms with Crippen molar-refractivity contribution in [3.8, 4) is 11.3 Å². The molecule has 0 saturated heterocycles. The zero-order valence-electron chi connectivity index (χ0n) is 16.0. The van der Waals surface area contributed by atoms with Gasteiger partial charge >= 0.3 is 0 Å². The SMILES string of the molecule is CCCCC1=NN2C(=N)/C(=C/c3ccc(-c4ccc(C)c(Cl)c4)o3)C(=O)N=C2S1. The Morgan fingerprint density at radius 1 is 1.31 bits per heavy atom. The minimum Gasteiger partial charge on any atom is -0.457 e. The van der Waals surface area contributed by atoms with Crippen LogP contribution < -0.4 is 0 Å². The third kappa shape index (κ3) is 3.93. The van der Waals surface area contributed by atoms with Gasteiger partial charge in [0.15, 0.2) is 5.84 Å². The number of furan rings is 1. The Kier molecular flexibility index (Phi) is 5.43. The number of hydrogen-bond acceptors (Lipinski definition) is 5. The van der Waals surface area contributed by atoms with Crippen molar-refractivity contribution in [2.24, 2.45) is 10.1 Å². The summed E-state index contributed by atoms with van der Waals surface area (Å²) in [5.74, 6) is 0.646. The van der Waals surface area contributed by atoms with Gasteiger partial charge in [-0.25, -0.2) is 0 Å². The predicted octanol–water partition coefficient (Wildman–Crippen LogP) is 5.72. The average molecular weight is 427 g/mol. The molecule has 1 aromatic heterocycles. The average Bonchev–Trinajstić information content (AvgIpc) is 3.32. The number of halogens is 1. The summed E-state index contributed by atoms with van der Waals surface area (Å²) in [7, 11) is 0. The number of hydrazone groups is 1. The van der Waals surface area contributed by atoms with Gasteiger partial charge in [-0.1, -0.05) is 37.1 Å². The number of benzene rings is 1. The molecule has 0 unspecified atom stereocenters. The monoisotopic (exact) mass is 426 g/mol. The summed E-state index contributed by atoms with van der Waals surface area (Å²) < 4.78 is 5.86. The number of amides is 1. The van der Waals surface area contributed by atoms with Crippen LogP contribution >= 0.6 is 23.4 Å². The fraction of sp³-hybridized carbons (Fsp3) is 0.238. The van der Waals surface area contributed by atoms with Gasteiger partial charge in [0, 0.05) is 10.6 Å². The third-order valence-corrected chi connectivity index (χ3v) is 5.99. The maximum atomic E-state index is 12.5. The third-order valence-electron chi connectivity index (χ3n) is 4.61. The van der Waals surface area contributed by atoms with Crippen LogP contribution in [0.1, 0.15) is 37.5 Å². The van der Waals surface area contributed by atoms with Crippen LogP contribution in [0.2, 0.25) is 5.02 Å². The van der Waals surface area contributed by atoms with E-state index in [0.717, 1.165) is 35.4 Å². The number of unbranched alkanes of at least 4 members (excludes halogenated alkanes) is 1. The number of rotatable bonds is 5. The Balaban J connectivity index is 1.60. The predicted molar refractivity (Wildman–Crippen MR) is 118 cm³/mol. The van der Waals surface area contributed by atoms with E-state index < -0.39 is 5.91 Å². The molecule has 0 spiro atoms. The minimum atomic E-state index is -0.461. The van der Waals surface area contributed by atoms with Crippen LogP contribution in [0.4, 0.5) is 0 Å². The molecule has 2 aromatic rings. The van der Waals surface area contributed by atoms with Gasteiger partial charge in [-0.3, -0.25) is 10.2 Å². The Bertz CT molecular complexity index is 1100. The van der Waals surface area contributed by atoms with E-state index >= 15 is 0 Å². The normalized spacial score (nSPS) is 17.6. The summed E-state index contributed by atoms with van der Waals surface area (Å²) in [5.41, 5.74) is 1.98. The van der Waals surface area contributed by atoms with Crippen molar-refractivity contribution < 1.29 is 9.21 Å². The van der Waals surface area contributed by atoms with Crippen LogP contribution in [0.15, 0.2) is 50.4 Å². The zero-order valence-corrected chi connectivity index (χ0v) is 17.6. The van der Waals surface area contributed by atoms with Crippen molar-refractivity contribution >= 4 is 51.4 Å². The number of aryl methyl sites for hydroxylation is 1. The maximum absolute atomic E-state index is 12.5. The molecule has 1 aromatic carbocycles. The molecule has 2 aliphatic rings. The molecule has 0 saturated carbocycles. The summed E-state index contributed by atoms with van der Waals surface area (Å²) in [6, 6.07) is 9.25. The molecule has 0 bridgehead atoms. The van der Waals surface area contributed by atoms with Gasteiger partial charge in [-0.2, -0.15) is 15.1 Å². The van der Waals surface area contributed by atoms with Crippen molar-refractivity contribution in [2.45, 2.75) is 33.1 Å². The molecule has 3 heterocycles. The first-order valence-corrected chi connectivity index (χ1v) is 10.5. The molecule has 0 atom stereocenters. The van der Waals surface area contributed by atoms with Crippen molar-refractivity contribution in [3.05, 3.63) is 52.3 Å². The first-order valence-electron chi connectivity index (χ1n) is 9.31. The summed E-state index contributed by atoms with van der Waals surface area (Å²) in [6.07, 6.45) is 4.42. The van der Waals surface area contributed by atoms with E-state index in [4.69, 9.17) is 21.4 Å². The molecule has 6 nitrogen and oxygen atoms in total. The van der Waals surface area contributed by atoms with Gasteiger partial charge in [0.25, 0.3) is 5.91 Å². The van der Waals surface area contributed by atoms with E-state index in [-0.39, 0.29) is 11.4 Å². The highest BCUT2D eigenvalue weighted by Gasteiger charge is 2.35. The van der Waals surface area contributed by atoms with E-state index in [1.165, 1.54) is 22.8 Å². The molecular weight excluding hydrogens is 408 g/mol. The molecule has 0 aliphatic carbocycles. The van der Waals surface area contributed by atoms with Gasteiger partial charge < -0.3 is 4.42 Å². The van der Waals surface area contributed by atoms with Gasteiger partial charge in [0.05, 0.1) is 5.57 Å². The Morgan fingerprint density at radius 2 is 2.14 bits per heavy atom. The molecule has 29 heavy (non-hydrogen) atoms. The molecule has 2 aliphatic heterocycles. The van der Waals surface area contributed by atoms with E-state index in [0.29, 0.717) is 21.7 Å². The first kappa shape index (κ1) is 19.7. The van der Waals surface area contributed by atoms with Crippen LogP contribution in [0.5, 0.6) is 0 Å². The van der Waals surface area contributed by atoms with Crippen molar-refractivity contribution in [3.63, 3.8) is 0 Å².